The molecule has 1 aromatic carbocycles. The van der Waals surface area contributed by atoms with E-state index in [-0.39, 0.29) is 5.91 Å². The van der Waals surface area contributed by atoms with Crippen molar-refractivity contribution >= 4 is 39.1 Å². The number of carbonyl (C=O) groups excluding carboxylic acids is 1. The number of nitrogens with one attached hydrogen (secondary N) is 1. The smallest absolute Gasteiger partial charge is 0.275 e. The van der Waals surface area contributed by atoms with Gasteiger partial charge in [0.25, 0.3) is 5.91 Å². The molecule has 0 fully saturated rings. The highest BCUT2D eigenvalue weighted by atomic mass is 79.9. The van der Waals surface area contributed by atoms with Crippen LogP contribution in [0.5, 0.6) is 0 Å². The number of carbonyl (C=O) groups is 1. The monoisotopic (exact) mass is 313 g/mol. The number of hydrogen-bond donors (Lipinski definition) is 1. The largest absolute Gasteiger partial charge is 0.340 e. The number of rotatable bonds is 2. The van der Waals surface area contributed by atoms with E-state index in [0.717, 1.165) is 4.47 Å². The molecule has 0 atom stereocenters. The number of anilines is 1. The molecule has 0 radical (unpaired) electrons. The van der Waals surface area contributed by atoms with E-state index < -0.39 is 0 Å². The maximum absolute atomic E-state index is 11.8. The van der Waals surface area contributed by atoms with Crippen molar-refractivity contribution in [2.24, 2.45) is 7.05 Å². The summed E-state index contributed by atoms with van der Waals surface area (Å²) in [5.74, 6) is -0.286. The number of imidazole rings is 1. The van der Waals surface area contributed by atoms with Crippen molar-refractivity contribution < 1.29 is 4.79 Å². The molecule has 17 heavy (non-hydrogen) atoms. The van der Waals surface area contributed by atoms with Gasteiger partial charge in [0.15, 0.2) is 0 Å². The van der Waals surface area contributed by atoms with Crippen molar-refractivity contribution in [1.82, 2.24) is 9.55 Å². The summed E-state index contributed by atoms with van der Waals surface area (Å²) in [6.07, 6.45) is 3.21. The van der Waals surface area contributed by atoms with Crippen LogP contribution in [0.25, 0.3) is 0 Å². The lowest BCUT2D eigenvalue weighted by Crippen LogP contribution is -2.12. The Kier molecular flexibility index (Phi) is 3.49. The highest BCUT2D eigenvalue weighted by Crippen LogP contribution is 2.25. The summed E-state index contributed by atoms with van der Waals surface area (Å²) < 4.78 is 2.55. The van der Waals surface area contributed by atoms with E-state index in [1.54, 1.807) is 42.3 Å². The molecule has 2 aromatic rings. The Morgan fingerprint density at radius 3 is 2.94 bits per heavy atom. The van der Waals surface area contributed by atoms with Crippen LogP contribution in [0.3, 0.4) is 0 Å². The molecule has 0 spiro atoms. The van der Waals surface area contributed by atoms with Crippen molar-refractivity contribution in [2.75, 3.05) is 5.32 Å². The quantitative estimate of drug-likeness (QED) is 0.926. The molecule has 0 saturated heterocycles. The Bertz CT molecular complexity index is 568. The summed E-state index contributed by atoms with van der Waals surface area (Å²) in [5.41, 5.74) is 0.903. The highest BCUT2D eigenvalue weighted by Gasteiger charge is 2.10. The van der Waals surface area contributed by atoms with Gasteiger partial charge >= 0.3 is 0 Å². The van der Waals surface area contributed by atoms with Gasteiger partial charge in [0.1, 0.15) is 5.69 Å². The SMILES string of the molecule is Cn1cnc(C(=O)Nc2cc(Br)ccc2Cl)c1. The van der Waals surface area contributed by atoms with Crippen LogP contribution in [0.15, 0.2) is 35.2 Å². The van der Waals surface area contributed by atoms with Crippen LogP contribution >= 0.6 is 27.5 Å². The van der Waals surface area contributed by atoms with Crippen molar-refractivity contribution in [3.63, 3.8) is 0 Å². The van der Waals surface area contributed by atoms with Crippen LogP contribution in [0, 0.1) is 0 Å². The van der Waals surface area contributed by atoms with Crippen LogP contribution in [0.2, 0.25) is 5.02 Å². The molecule has 2 rings (SSSR count). The number of aryl methyl sites for hydroxylation is 1. The Labute approximate surface area is 112 Å². The molecular weight excluding hydrogens is 305 g/mol. The second-order valence-electron chi connectivity index (χ2n) is 3.50. The van der Waals surface area contributed by atoms with Gasteiger partial charge in [-0.1, -0.05) is 27.5 Å². The first kappa shape index (κ1) is 12.1. The van der Waals surface area contributed by atoms with Crippen molar-refractivity contribution in [3.05, 3.63) is 45.9 Å². The van der Waals surface area contributed by atoms with Crippen molar-refractivity contribution in [2.45, 2.75) is 0 Å². The van der Waals surface area contributed by atoms with E-state index in [4.69, 9.17) is 11.6 Å². The molecule has 0 unspecified atom stereocenters. The average Bonchev–Trinajstić information content (AvgIpc) is 2.70. The topological polar surface area (TPSA) is 46.9 Å². The number of hydrogen-bond acceptors (Lipinski definition) is 2. The second-order valence-corrected chi connectivity index (χ2v) is 4.83. The van der Waals surface area contributed by atoms with E-state index in [1.165, 1.54) is 0 Å². The number of nitrogens with zero attached hydrogens (tertiary/aromatic N) is 2. The van der Waals surface area contributed by atoms with E-state index in [9.17, 15) is 4.79 Å². The highest BCUT2D eigenvalue weighted by molar-refractivity contribution is 9.10. The second kappa shape index (κ2) is 4.89. The Morgan fingerprint density at radius 1 is 1.53 bits per heavy atom. The van der Waals surface area contributed by atoms with Crippen LogP contribution in [-0.4, -0.2) is 15.5 Å². The Morgan fingerprint density at radius 2 is 2.29 bits per heavy atom. The number of benzene rings is 1. The maximum atomic E-state index is 11.8. The van der Waals surface area contributed by atoms with Crippen LogP contribution in [0.1, 0.15) is 10.5 Å². The van der Waals surface area contributed by atoms with E-state index in [1.807, 2.05) is 0 Å². The third kappa shape index (κ3) is 2.87. The summed E-state index contributed by atoms with van der Waals surface area (Å²) in [6, 6.07) is 5.25. The molecule has 1 aromatic heterocycles. The molecule has 1 heterocycles. The summed E-state index contributed by atoms with van der Waals surface area (Å²) in [4.78, 5) is 15.8. The molecule has 0 saturated carbocycles. The Hall–Kier alpha value is -1.33. The number of aromatic nitrogens is 2. The lowest BCUT2D eigenvalue weighted by molar-refractivity contribution is 0.102. The summed E-state index contributed by atoms with van der Waals surface area (Å²) in [6.45, 7) is 0. The standard InChI is InChI=1S/C11H9BrClN3O/c1-16-5-10(14-6-16)11(17)15-9-4-7(12)2-3-8(9)13/h2-6H,1H3,(H,15,17). The predicted molar refractivity (Wildman–Crippen MR) is 70.3 cm³/mol. The Balaban J connectivity index is 2.21. The van der Waals surface area contributed by atoms with Gasteiger partial charge in [0, 0.05) is 17.7 Å². The summed E-state index contributed by atoms with van der Waals surface area (Å²) in [7, 11) is 1.80. The van der Waals surface area contributed by atoms with E-state index in [2.05, 4.69) is 26.2 Å². The predicted octanol–water partition coefficient (Wildman–Crippen LogP) is 3.09. The maximum Gasteiger partial charge on any atom is 0.275 e. The van der Waals surface area contributed by atoms with Crippen molar-refractivity contribution in [3.8, 4) is 0 Å². The van der Waals surface area contributed by atoms with Crippen molar-refractivity contribution in [1.29, 1.82) is 0 Å². The molecule has 6 heteroatoms. The molecule has 0 aliphatic heterocycles. The van der Waals surface area contributed by atoms with Gasteiger partial charge in [-0.05, 0) is 18.2 Å². The van der Waals surface area contributed by atoms with Crippen LogP contribution < -0.4 is 5.32 Å². The lowest BCUT2D eigenvalue weighted by atomic mass is 10.3. The van der Waals surface area contributed by atoms with E-state index >= 15 is 0 Å². The summed E-state index contributed by atoms with van der Waals surface area (Å²) in [5, 5.41) is 3.19. The van der Waals surface area contributed by atoms with E-state index in [0.29, 0.717) is 16.4 Å². The normalized spacial score (nSPS) is 10.3. The minimum Gasteiger partial charge on any atom is -0.340 e. The zero-order chi connectivity index (χ0) is 12.4. The molecule has 0 bridgehead atoms. The fraction of sp³-hybridized carbons (Fsp3) is 0.0909. The molecule has 0 aliphatic rings. The third-order valence-electron chi connectivity index (χ3n) is 2.11. The molecular formula is C11H9BrClN3O. The van der Waals surface area contributed by atoms with Gasteiger partial charge in [-0.3, -0.25) is 4.79 Å². The van der Waals surface area contributed by atoms with Gasteiger partial charge in [0.05, 0.1) is 17.0 Å². The first-order valence-electron chi connectivity index (χ1n) is 4.80. The average molecular weight is 315 g/mol. The molecule has 4 nitrogen and oxygen atoms in total. The fourth-order valence-electron chi connectivity index (χ4n) is 1.31. The van der Waals surface area contributed by atoms with Crippen LogP contribution in [0.4, 0.5) is 5.69 Å². The zero-order valence-corrected chi connectivity index (χ0v) is 11.3. The minimum absolute atomic E-state index is 0.286. The van der Waals surface area contributed by atoms with Gasteiger partial charge in [-0.15, -0.1) is 0 Å². The molecule has 0 aliphatic carbocycles. The van der Waals surface area contributed by atoms with Gasteiger partial charge < -0.3 is 9.88 Å². The summed E-state index contributed by atoms with van der Waals surface area (Å²) >= 11 is 9.29. The first-order chi connectivity index (χ1) is 8.06. The van der Waals surface area contributed by atoms with Gasteiger partial charge in [-0.2, -0.15) is 0 Å². The molecule has 88 valence electrons. The molecule has 1 amide bonds. The zero-order valence-electron chi connectivity index (χ0n) is 8.95. The number of halogens is 2. The van der Waals surface area contributed by atoms with Gasteiger partial charge in [-0.25, -0.2) is 4.98 Å². The van der Waals surface area contributed by atoms with Gasteiger partial charge in [0.2, 0.25) is 0 Å². The lowest BCUT2D eigenvalue weighted by Gasteiger charge is -2.05. The minimum atomic E-state index is -0.286. The van der Waals surface area contributed by atoms with Crippen LogP contribution in [-0.2, 0) is 7.05 Å². The number of amides is 1. The first-order valence-corrected chi connectivity index (χ1v) is 5.98. The third-order valence-corrected chi connectivity index (χ3v) is 2.94. The fourth-order valence-corrected chi connectivity index (χ4v) is 1.84. The molecule has 1 N–H and O–H groups in total.